The summed E-state index contributed by atoms with van der Waals surface area (Å²) in [6.45, 7) is 1.10. The molecule has 0 spiro atoms. The van der Waals surface area contributed by atoms with Gasteiger partial charge in [0.1, 0.15) is 5.82 Å². The van der Waals surface area contributed by atoms with Gasteiger partial charge in [0, 0.05) is 6.04 Å². The largest absolute Gasteiger partial charge is 0.314 e. The molecule has 1 aromatic carbocycles. The molecule has 0 aromatic heterocycles. The lowest BCUT2D eigenvalue weighted by molar-refractivity contribution is 0.292. The maximum Gasteiger partial charge on any atom is 0.123 e. The highest BCUT2D eigenvalue weighted by molar-refractivity contribution is 5.23. The lowest BCUT2D eigenvalue weighted by Gasteiger charge is -2.36. The van der Waals surface area contributed by atoms with E-state index in [4.69, 9.17) is 0 Å². The highest BCUT2D eigenvalue weighted by Crippen LogP contribution is 2.37. The van der Waals surface area contributed by atoms with Crippen LogP contribution in [0, 0.1) is 5.82 Å². The first kappa shape index (κ1) is 12.9. The second-order valence-electron chi connectivity index (χ2n) is 5.88. The summed E-state index contributed by atoms with van der Waals surface area (Å²) in [5, 5.41) is 3.63. The van der Waals surface area contributed by atoms with Gasteiger partial charge in [0.25, 0.3) is 0 Å². The topological polar surface area (TPSA) is 12.0 Å². The molecule has 102 valence electrons. The van der Waals surface area contributed by atoms with Crippen LogP contribution in [0.3, 0.4) is 0 Å². The van der Waals surface area contributed by atoms with E-state index in [9.17, 15) is 4.39 Å². The van der Waals surface area contributed by atoms with Crippen LogP contribution in [-0.4, -0.2) is 12.6 Å². The first-order valence-electron chi connectivity index (χ1n) is 7.48. The van der Waals surface area contributed by atoms with Gasteiger partial charge in [-0.2, -0.15) is 0 Å². The Morgan fingerprint density at radius 3 is 2.89 bits per heavy atom. The second-order valence-corrected chi connectivity index (χ2v) is 5.88. The molecule has 0 atom stereocenters. The molecule has 0 radical (unpaired) electrons. The van der Waals surface area contributed by atoms with Crippen molar-refractivity contribution in [2.24, 2.45) is 0 Å². The Hall–Kier alpha value is -1.15. The fourth-order valence-electron chi connectivity index (χ4n) is 3.22. The smallest absolute Gasteiger partial charge is 0.123 e. The number of halogens is 1. The number of nitrogens with one attached hydrogen (secondary N) is 1. The Labute approximate surface area is 114 Å². The molecule has 0 aliphatic heterocycles. The SMILES string of the molecule is Fc1cccc(C2CC(NCCC3=CCCC3)C2)c1. The molecule has 1 aromatic rings. The molecule has 1 N–H and O–H groups in total. The molecule has 0 bridgehead atoms. The van der Waals surface area contributed by atoms with Gasteiger partial charge < -0.3 is 5.32 Å². The number of benzene rings is 1. The minimum atomic E-state index is -0.109. The molecule has 2 aliphatic rings. The Bertz CT molecular complexity index is 460. The van der Waals surface area contributed by atoms with Gasteiger partial charge in [-0.15, -0.1) is 0 Å². The van der Waals surface area contributed by atoms with Crippen molar-refractivity contribution in [3.63, 3.8) is 0 Å². The first-order chi connectivity index (χ1) is 9.31. The number of hydrogen-bond donors (Lipinski definition) is 1. The van der Waals surface area contributed by atoms with Crippen molar-refractivity contribution in [3.8, 4) is 0 Å². The molecule has 0 amide bonds. The molecular weight excluding hydrogens is 237 g/mol. The van der Waals surface area contributed by atoms with E-state index < -0.39 is 0 Å². The zero-order valence-corrected chi connectivity index (χ0v) is 11.4. The van der Waals surface area contributed by atoms with E-state index in [-0.39, 0.29) is 5.82 Å². The van der Waals surface area contributed by atoms with E-state index >= 15 is 0 Å². The molecule has 1 fully saturated rings. The monoisotopic (exact) mass is 259 g/mol. The van der Waals surface area contributed by atoms with Crippen LogP contribution in [0.4, 0.5) is 4.39 Å². The van der Waals surface area contributed by atoms with Crippen LogP contribution >= 0.6 is 0 Å². The fraction of sp³-hybridized carbons (Fsp3) is 0.529. The average Bonchev–Trinajstić information content (AvgIpc) is 2.85. The summed E-state index contributed by atoms with van der Waals surface area (Å²) in [6, 6.07) is 7.71. The van der Waals surface area contributed by atoms with Gasteiger partial charge in [0.15, 0.2) is 0 Å². The van der Waals surface area contributed by atoms with Crippen LogP contribution in [0.1, 0.15) is 50.0 Å². The molecular formula is C17H22FN. The zero-order valence-electron chi connectivity index (χ0n) is 11.4. The molecule has 19 heavy (non-hydrogen) atoms. The Kier molecular flexibility index (Phi) is 3.97. The van der Waals surface area contributed by atoms with Gasteiger partial charge in [-0.25, -0.2) is 4.39 Å². The van der Waals surface area contributed by atoms with Gasteiger partial charge in [0.05, 0.1) is 0 Å². The number of allylic oxidation sites excluding steroid dienone is 1. The maximum absolute atomic E-state index is 13.1. The summed E-state index contributed by atoms with van der Waals surface area (Å²) >= 11 is 0. The molecule has 1 nitrogen and oxygen atoms in total. The average molecular weight is 259 g/mol. The van der Waals surface area contributed by atoms with Crippen LogP contribution in [-0.2, 0) is 0 Å². The predicted molar refractivity (Wildman–Crippen MR) is 76.7 cm³/mol. The van der Waals surface area contributed by atoms with Gasteiger partial charge in [-0.05, 0) is 68.7 Å². The number of hydrogen-bond acceptors (Lipinski definition) is 1. The van der Waals surface area contributed by atoms with Crippen molar-refractivity contribution < 1.29 is 4.39 Å². The molecule has 0 saturated heterocycles. The van der Waals surface area contributed by atoms with E-state index in [2.05, 4.69) is 11.4 Å². The highest BCUT2D eigenvalue weighted by atomic mass is 19.1. The lowest BCUT2D eigenvalue weighted by Crippen LogP contribution is -2.40. The summed E-state index contributed by atoms with van der Waals surface area (Å²) in [5.41, 5.74) is 2.80. The molecule has 2 heteroatoms. The van der Waals surface area contributed by atoms with E-state index in [1.54, 1.807) is 11.6 Å². The van der Waals surface area contributed by atoms with Crippen molar-refractivity contribution in [1.29, 1.82) is 0 Å². The van der Waals surface area contributed by atoms with Crippen molar-refractivity contribution in [3.05, 3.63) is 47.3 Å². The van der Waals surface area contributed by atoms with Gasteiger partial charge in [-0.3, -0.25) is 0 Å². The van der Waals surface area contributed by atoms with Gasteiger partial charge >= 0.3 is 0 Å². The zero-order chi connectivity index (χ0) is 13.1. The normalized spacial score (nSPS) is 26.1. The predicted octanol–water partition coefficient (Wildman–Crippen LogP) is 4.16. The lowest BCUT2D eigenvalue weighted by atomic mass is 9.76. The van der Waals surface area contributed by atoms with Crippen LogP contribution in [0.25, 0.3) is 0 Å². The third-order valence-electron chi connectivity index (χ3n) is 4.47. The van der Waals surface area contributed by atoms with Gasteiger partial charge in [0.2, 0.25) is 0 Å². The molecule has 0 unspecified atom stereocenters. The van der Waals surface area contributed by atoms with Crippen LogP contribution in [0.5, 0.6) is 0 Å². The summed E-state index contributed by atoms with van der Waals surface area (Å²) < 4.78 is 13.1. The maximum atomic E-state index is 13.1. The first-order valence-corrected chi connectivity index (χ1v) is 7.48. The minimum absolute atomic E-state index is 0.109. The minimum Gasteiger partial charge on any atom is -0.314 e. The Morgan fingerprint density at radius 1 is 1.26 bits per heavy atom. The van der Waals surface area contributed by atoms with Crippen molar-refractivity contribution in [2.75, 3.05) is 6.54 Å². The van der Waals surface area contributed by atoms with Gasteiger partial charge in [-0.1, -0.05) is 23.8 Å². The van der Waals surface area contributed by atoms with E-state index in [0.717, 1.165) is 24.9 Å². The molecule has 1 saturated carbocycles. The Balaban J connectivity index is 1.38. The standard InChI is InChI=1S/C17H22FN/c18-16-7-3-6-14(10-16)15-11-17(12-15)19-9-8-13-4-1-2-5-13/h3-4,6-7,10,15,17,19H,1-2,5,8-9,11-12H2. The van der Waals surface area contributed by atoms with Crippen LogP contribution in [0.2, 0.25) is 0 Å². The summed E-state index contributed by atoms with van der Waals surface area (Å²) in [6.07, 6.45) is 9.85. The highest BCUT2D eigenvalue weighted by Gasteiger charge is 2.29. The fourth-order valence-corrected chi connectivity index (χ4v) is 3.22. The number of rotatable bonds is 5. The van der Waals surface area contributed by atoms with Crippen LogP contribution < -0.4 is 5.32 Å². The molecule has 3 rings (SSSR count). The molecule has 0 heterocycles. The summed E-state index contributed by atoms with van der Waals surface area (Å²) in [4.78, 5) is 0. The van der Waals surface area contributed by atoms with E-state index in [0.29, 0.717) is 12.0 Å². The summed E-state index contributed by atoms with van der Waals surface area (Å²) in [5.74, 6) is 0.445. The summed E-state index contributed by atoms with van der Waals surface area (Å²) in [7, 11) is 0. The second kappa shape index (κ2) is 5.87. The van der Waals surface area contributed by atoms with Crippen molar-refractivity contribution in [2.45, 2.75) is 50.5 Å². The van der Waals surface area contributed by atoms with E-state index in [1.807, 2.05) is 12.1 Å². The van der Waals surface area contributed by atoms with Crippen molar-refractivity contribution >= 4 is 0 Å². The van der Waals surface area contributed by atoms with Crippen molar-refractivity contribution in [1.82, 2.24) is 5.32 Å². The molecule has 2 aliphatic carbocycles. The van der Waals surface area contributed by atoms with Crippen LogP contribution in [0.15, 0.2) is 35.9 Å². The van der Waals surface area contributed by atoms with E-state index in [1.165, 1.54) is 31.7 Å². The third-order valence-corrected chi connectivity index (χ3v) is 4.47. The Morgan fingerprint density at radius 2 is 2.16 bits per heavy atom. The third kappa shape index (κ3) is 3.24. The quantitative estimate of drug-likeness (QED) is 0.783.